The Morgan fingerprint density at radius 2 is 1.69 bits per heavy atom. The first-order valence-corrected chi connectivity index (χ1v) is 9.84. The lowest BCUT2D eigenvalue weighted by Crippen LogP contribution is -2.35. The highest BCUT2D eigenvalue weighted by atomic mass is 16.2. The molecule has 5 nitrogen and oxygen atoms in total. The summed E-state index contributed by atoms with van der Waals surface area (Å²) < 4.78 is 2.03. The van der Waals surface area contributed by atoms with Crippen LogP contribution in [0.3, 0.4) is 0 Å². The molecule has 0 aromatic carbocycles. The van der Waals surface area contributed by atoms with E-state index in [2.05, 4.69) is 41.5 Å². The SMILES string of the molecule is Cc1nc2c(c(C)nn2C(C)(C)C)c(C)c1CCC(=O)N1CCCCC1. The third kappa shape index (κ3) is 3.49. The average molecular weight is 357 g/mol. The van der Waals surface area contributed by atoms with Crippen LogP contribution in [0.2, 0.25) is 0 Å². The van der Waals surface area contributed by atoms with Gasteiger partial charge in [-0.1, -0.05) is 0 Å². The number of aromatic nitrogens is 3. The molecule has 3 rings (SSSR count). The fourth-order valence-corrected chi connectivity index (χ4v) is 4.08. The van der Waals surface area contributed by atoms with E-state index in [-0.39, 0.29) is 11.4 Å². The van der Waals surface area contributed by atoms with Crippen LogP contribution < -0.4 is 0 Å². The molecule has 0 aliphatic carbocycles. The average Bonchev–Trinajstić information content (AvgIpc) is 2.92. The Labute approximate surface area is 156 Å². The maximum Gasteiger partial charge on any atom is 0.222 e. The fourth-order valence-electron chi connectivity index (χ4n) is 4.08. The minimum Gasteiger partial charge on any atom is -0.343 e. The number of amides is 1. The summed E-state index contributed by atoms with van der Waals surface area (Å²) in [5.74, 6) is 0.283. The van der Waals surface area contributed by atoms with Crippen molar-refractivity contribution in [3.63, 3.8) is 0 Å². The predicted octanol–water partition coefficient (Wildman–Crippen LogP) is 4.06. The van der Waals surface area contributed by atoms with Crippen molar-refractivity contribution >= 4 is 16.9 Å². The summed E-state index contributed by atoms with van der Waals surface area (Å²) in [5.41, 5.74) is 5.32. The molecule has 26 heavy (non-hydrogen) atoms. The largest absolute Gasteiger partial charge is 0.343 e. The zero-order valence-electron chi connectivity index (χ0n) is 17.1. The Hall–Kier alpha value is -1.91. The lowest BCUT2D eigenvalue weighted by molar-refractivity contribution is -0.132. The van der Waals surface area contributed by atoms with E-state index in [0.717, 1.165) is 54.8 Å². The highest BCUT2D eigenvalue weighted by molar-refractivity contribution is 5.84. The minimum atomic E-state index is -0.107. The summed E-state index contributed by atoms with van der Waals surface area (Å²) in [4.78, 5) is 19.5. The summed E-state index contributed by atoms with van der Waals surface area (Å²) >= 11 is 0. The maximum absolute atomic E-state index is 12.5. The molecule has 0 unspecified atom stereocenters. The van der Waals surface area contributed by atoms with Crippen LogP contribution in [0, 0.1) is 20.8 Å². The zero-order valence-corrected chi connectivity index (χ0v) is 17.1. The third-order valence-electron chi connectivity index (χ3n) is 5.51. The molecule has 3 heterocycles. The van der Waals surface area contributed by atoms with Crippen molar-refractivity contribution in [2.45, 2.75) is 79.2 Å². The lowest BCUT2D eigenvalue weighted by Gasteiger charge is -2.27. The first-order chi connectivity index (χ1) is 12.2. The van der Waals surface area contributed by atoms with Crippen molar-refractivity contribution in [2.24, 2.45) is 0 Å². The van der Waals surface area contributed by atoms with Crippen molar-refractivity contribution in [3.8, 4) is 0 Å². The Balaban J connectivity index is 1.90. The monoisotopic (exact) mass is 356 g/mol. The Morgan fingerprint density at radius 1 is 1.04 bits per heavy atom. The number of carbonyl (C=O) groups excluding carboxylic acids is 1. The van der Waals surface area contributed by atoms with E-state index in [1.807, 2.05) is 9.58 Å². The van der Waals surface area contributed by atoms with Crippen LogP contribution in [0.25, 0.3) is 11.0 Å². The van der Waals surface area contributed by atoms with Gasteiger partial charge in [0.15, 0.2) is 5.65 Å². The highest BCUT2D eigenvalue weighted by Crippen LogP contribution is 2.29. The summed E-state index contributed by atoms with van der Waals surface area (Å²) in [6.07, 6.45) is 4.86. The number of likely N-dealkylation sites (tertiary alicyclic amines) is 1. The minimum absolute atomic E-state index is 0.107. The highest BCUT2D eigenvalue weighted by Gasteiger charge is 2.23. The van der Waals surface area contributed by atoms with E-state index in [1.165, 1.54) is 17.5 Å². The van der Waals surface area contributed by atoms with Gasteiger partial charge in [-0.15, -0.1) is 0 Å². The standard InChI is InChI=1S/C21H32N4O/c1-14-17(10-11-18(26)24-12-8-7-9-13-24)15(2)22-20-19(14)16(3)23-25(20)21(4,5)6/h7-13H2,1-6H3. The van der Waals surface area contributed by atoms with Crippen molar-refractivity contribution in [2.75, 3.05) is 13.1 Å². The number of piperidine rings is 1. The van der Waals surface area contributed by atoms with Gasteiger partial charge in [0.05, 0.1) is 11.2 Å². The predicted molar refractivity (Wildman–Crippen MR) is 105 cm³/mol. The summed E-state index contributed by atoms with van der Waals surface area (Å²) in [6, 6.07) is 0. The zero-order chi connectivity index (χ0) is 19.1. The van der Waals surface area contributed by atoms with Gasteiger partial charge in [-0.3, -0.25) is 4.79 Å². The van der Waals surface area contributed by atoms with Crippen LogP contribution in [0.15, 0.2) is 0 Å². The van der Waals surface area contributed by atoms with Gasteiger partial charge in [0.25, 0.3) is 0 Å². The molecule has 5 heteroatoms. The fraction of sp³-hybridized carbons (Fsp3) is 0.667. The second-order valence-electron chi connectivity index (χ2n) is 8.61. The van der Waals surface area contributed by atoms with Crippen molar-refractivity contribution in [3.05, 3.63) is 22.5 Å². The van der Waals surface area contributed by atoms with Gasteiger partial charge < -0.3 is 4.90 Å². The number of nitrogens with zero attached hydrogens (tertiary/aromatic N) is 4. The molecule has 0 spiro atoms. The quantitative estimate of drug-likeness (QED) is 0.833. The van der Waals surface area contributed by atoms with Gasteiger partial charge in [-0.2, -0.15) is 5.10 Å². The number of carbonyl (C=O) groups is 1. The number of hydrogen-bond acceptors (Lipinski definition) is 3. The van der Waals surface area contributed by atoms with Crippen molar-refractivity contribution < 1.29 is 4.79 Å². The molecule has 2 aromatic rings. The van der Waals surface area contributed by atoms with Crippen molar-refractivity contribution in [1.29, 1.82) is 0 Å². The number of rotatable bonds is 3. The molecule has 0 N–H and O–H groups in total. The van der Waals surface area contributed by atoms with E-state index >= 15 is 0 Å². The maximum atomic E-state index is 12.5. The molecule has 1 aliphatic rings. The first-order valence-electron chi connectivity index (χ1n) is 9.84. The lowest BCUT2D eigenvalue weighted by atomic mass is 9.98. The Kier molecular flexibility index (Phi) is 5.09. The van der Waals surface area contributed by atoms with Crippen LogP contribution >= 0.6 is 0 Å². The molecule has 142 valence electrons. The summed E-state index contributed by atoms with van der Waals surface area (Å²) in [6.45, 7) is 14.6. The molecule has 1 fully saturated rings. The Bertz CT molecular complexity index is 823. The number of aryl methyl sites for hydroxylation is 3. The van der Waals surface area contributed by atoms with E-state index in [1.54, 1.807) is 0 Å². The van der Waals surface area contributed by atoms with E-state index in [4.69, 9.17) is 10.1 Å². The second kappa shape index (κ2) is 7.01. The Morgan fingerprint density at radius 3 is 2.31 bits per heavy atom. The number of fused-ring (bicyclic) bond motifs is 1. The summed E-state index contributed by atoms with van der Waals surface area (Å²) in [7, 11) is 0. The smallest absolute Gasteiger partial charge is 0.222 e. The van der Waals surface area contributed by atoms with E-state index in [0.29, 0.717) is 6.42 Å². The van der Waals surface area contributed by atoms with Crippen molar-refractivity contribution in [1.82, 2.24) is 19.7 Å². The van der Waals surface area contributed by atoms with Crippen LogP contribution in [0.5, 0.6) is 0 Å². The summed E-state index contributed by atoms with van der Waals surface area (Å²) in [5, 5.41) is 5.90. The molecule has 0 saturated carbocycles. The van der Waals surface area contributed by atoms with Gasteiger partial charge in [-0.05, 0) is 78.4 Å². The molecule has 0 radical (unpaired) electrons. The molecule has 1 saturated heterocycles. The molecule has 1 aliphatic heterocycles. The molecule has 0 atom stereocenters. The van der Waals surface area contributed by atoms with Crippen LogP contribution in [0.4, 0.5) is 0 Å². The topological polar surface area (TPSA) is 51.0 Å². The molecule has 2 aromatic heterocycles. The molecule has 0 bridgehead atoms. The molecule has 1 amide bonds. The van der Waals surface area contributed by atoms with Crippen LogP contribution in [0.1, 0.15) is 69.0 Å². The van der Waals surface area contributed by atoms with Crippen LogP contribution in [-0.2, 0) is 16.8 Å². The number of pyridine rings is 1. The van der Waals surface area contributed by atoms with Gasteiger partial charge in [-0.25, -0.2) is 9.67 Å². The van der Waals surface area contributed by atoms with Gasteiger partial charge >= 0.3 is 0 Å². The van der Waals surface area contributed by atoms with E-state index in [9.17, 15) is 4.79 Å². The van der Waals surface area contributed by atoms with Crippen LogP contribution in [-0.4, -0.2) is 38.7 Å². The van der Waals surface area contributed by atoms with Gasteiger partial charge in [0.1, 0.15) is 0 Å². The van der Waals surface area contributed by atoms with Gasteiger partial charge in [0, 0.05) is 30.6 Å². The third-order valence-corrected chi connectivity index (χ3v) is 5.51. The molecular formula is C21H32N4O. The number of hydrogen-bond donors (Lipinski definition) is 0. The van der Waals surface area contributed by atoms with Gasteiger partial charge in [0.2, 0.25) is 5.91 Å². The normalized spacial score (nSPS) is 15.7. The molecular weight excluding hydrogens is 324 g/mol. The second-order valence-corrected chi connectivity index (χ2v) is 8.61. The van der Waals surface area contributed by atoms with E-state index < -0.39 is 0 Å². The first kappa shape index (κ1) is 18.9.